The van der Waals surface area contributed by atoms with Gasteiger partial charge in [-0.25, -0.2) is 0 Å². The molecule has 138 valence electrons. The van der Waals surface area contributed by atoms with Crippen LogP contribution >= 0.6 is 0 Å². The van der Waals surface area contributed by atoms with E-state index in [-0.39, 0.29) is 5.91 Å². The zero-order chi connectivity index (χ0) is 18.1. The van der Waals surface area contributed by atoms with E-state index in [0.717, 1.165) is 63.5 Å². The first-order valence-corrected chi connectivity index (χ1v) is 9.46. The number of aryl methyl sites for hydroxylation is 2. The van der Waals surface area contributed by atoms with E-state index in [0.29, 0.717) is 5.56 Å². The standard InChI is InChI=1S/C20H27N5O/c1-23-10-12-25(13-11-23)14-15-6-8-16(9-7-15)20(26)21-19-17-4-3-5-18(17)22-24(19)2/h6-9H,3-5,10-14H2,1-2H3,(H,21,26). The molecule has 0 radical (unpaired) electrons. The third-order valence-electron chi connectivity index (χ3n) is 5.52. The number of anilines is 1. The smallest absolute Gasteiger partial charge is 0.256 e. The van der Waals surface area contributed by atoms with E-state index in [1.54, 1.807) is 4.68 Å². The lowest BCUT2D eigenvalue weighted by atomic mass is 10.1. The first-order valence-electron chi connectivity index (χ1n) is 9.46. The number of hydrogen-bond donors (Lipinski definition) is 1. The molecule has 1 saturated heterocycles. The second kappa shape index (κ2) is 7.21. The molecule has 0 spiro atoms. The Balaban J connectivity index is 1.40. The van der Waals surface area contributed by atoms with Crippen LogP contribution in [-0.2, 0) is 26.4 Å². The molecule has 1 aliphatic carbocycles. The number of nitrogens with zero attached hydrogens (tertiary/aromatic N) is 4. The fourth-order valence-corrected chi connectivity index (χ4v) is 3.88. The monoisotopic (exact) mass is 353 g/mol. The lowest BCUT2D eigenvalue weighted by Gasteiger charge is -2.32. The summed E-state index contributed by atoms with van der Waals surface area (Å²) in [6, 6.07) is 8.00. The summed E-state index contributed by atoms with van der Waals surface area (Å²) in [6.45, 7) is 5.39. The molecule has 6 heteroatoms. The summed E-state index contributed by atoms with van der Waals surface area (Å²) in [5, 5.41) is 7.57. The third kappa shape index (κ3) is 3.52. The van der Waals surface area contributed by atoms with Crippen molar-refractivity contribution >= 4 is 11.7 Å². The lowest BCUT2D eigenvalue weighted by Crippen LogP contribution is -2.43. The average Bonchev–Trinajstić information content (AvgIpc) is 3.20. The second-order valence-electron chi connectivity index (χ2n) is 7.48. The molecular formula is C20H27N5O. The second-order valence-corrected chi connectivity index (χ2v) is 7.48. The molecule has 2 heterocycles. The van der Waals surface area contributed by atoms with Gasteiger partial charge in [-0.05, 0) is 44.0 Å². The van der Waals surface area contributed by atoms with Gasteiger partial charge >= 0.3 is 0 Å². The van der Waals surface area contributed by atoms with Crippen LogP contribution in [-0.4, -0.2) is 58.7 Å². The average molecular weight is 353 g/mol. The van der Waals surface area contributed by atoms with Crippen LogP contribution in [0, 0.1) is 0 Å². The maximum Gasteiger partial charge on any atom is 0.256 e. The number of fused-ring (bicyclic) bond motifs is 1. The van der Waals surface area contributed by atoms with Crippen LogP contribution in [0.15, 0.2) is 24.3 Å². The number of likely N-dealkylation sites (N-methyl/N-ethyl adjacent to an activating group) is 1. The van der Waals surface area contributed by atoms with Crippen LogP contribution in [0.25, 0.3) is 0 Å². The number of benzene rings is 1. The van der Waals surface area contributed by atoms with Crippen molar-refractivity contribution in [2.24, 2.45) is 7.05 Å². The first-order chi connectivity index (χ1) is 12.6. The minimum atomic E-state index is -0.0613. The van der Waals surface area contributed by atoms with E-state index in [2.05, 4.69) is 39.4 Å². The molecule has 0 bridgehead atoms. The molecule has 26 heavy (non-hydrogen) atoms. The van der Waals surface area contributed by atoms with Crippen LogP contribution in [0.4, 0.5) is 5.82 Å². The van der Waals surface area contributed by atoms with Crippen LogP contribution in [0.3, 0.4) is 0 Å². The largest absolute Gasteiger partial charge is 0.307 e. The molecule has 6 nitrogen and oxygen atoms in total. The number of carbonyl (C=O) groups excluding carboxylic acids is 1. The van der Waals surface area contributed by atoms with Gasteiger partial charge in [-0.1, -0.05) is 12.1 Å². The van der Waals surface area contributed by atoms with Crippen molar-refractivity contribution in [1.29, 1.82) is 0 Å². The van der Waals surface area contributed by atoms with Gasteiger partial charge in [0.15, 0.2) is 0 Å². The predicted octanol–water partition coefficient (Wildman–Crippen LogP) is 1.91. The molecule has 1 fully saturated rings. The number of carbonyl (C=O) groups is 1. The van der Waals surface area contributed by atoms with E-state index < -0.39 is 0 Å². The van der Waals surface area contributed by atoms with E-state index in [1.807, 2.05) is 19.2 Å². The lowest BCUT2D eigenvalue weighted by molar-refractivity contribution is 0.102. The number of piperazine rings is 1. The van der Waals surface area contributed by atoms with Gasteiger partial charge in [0.1, 0.15) is 5.82 Å². The summed E-state index contributed by atoms with van der Waals surface area (Å²) in [4.78, 5) is 17.5. The van der Waals surface area contributed by atoms with Crippen molar-refractivity contribution < 1.29 is 4.79 Å². The normalized spacial score (nSPS) is 18.1. The Morgan fingerprint density at radius 3 is 2.54 bits per heavy atom. The Hall–Kier alpha value is -2.18. The maximum absolute atomic E-state index is 12.6. The van der Waals surface area contributed by atoms with Crippen molar-refractivity contribution in [3.63, 3.8) is 0 Å². The topological polar surface area (TPSA) is 53.4 Å². The summed E-state index contributed by atoms with van der Waals surface area (Å²) in [5.41, 5.74) is 4.28. The molecule has 2 aliphatic rings. The van der Waals surface area contributed by atoms with Gasteiger partial charge in [0.25, 0.3) is 5.91 Å². The highest BCUT2D eigenvalue weighted by Crippen LogP contribution is 2.28. The van der Waals surface area contributed by atoms with Crippen molar-refractivity contribution in [1.82, 2.24) is 19.6 Å². The number of nitrogens with one attached hydrogen (secondary N) is 1. The van der Waals surface area contributed by atoms with Gasteiger partial charge in [0.05, 0.1) is 5.69 Å². The Morgan fingerprint density at radius 1 is 1.08 bits per heavy atom. The molecule has 1 N–H and O–H groups in total. The number of amides is 1. The summed E-state index contributed by atoms with van der Waals surface area (Å²) in [5.74, 6) is 0.790. The first kappa shape index (κ1) is 17.2. The summed E-state index contributed by atoms with van der Waals surface area (Å²) in [7, 11) is 4.06. The molecule has 1 aliphatic heterocycles. The summed E-state index contributed by atoms with van der Waals surface area (Å²) >= 11 is 0. The minimum Gasteiger partial charge on any atom is -0.307 e. The zero-order valence-electron chi connectivity index (χ0n) is 15.7. The number of hydrogen-bond acceptors (Lipinski definition) is 4. The Kier molecular flexibility index (Phi) is 4.78. The molecule has 0 atom stereocenters. The van der Waals surface area contributed by atoms with Gasteiger partial charge in [-0.15, -0.1) is 0 Å². The quantitative estimate of drug-likeness (QED) is 0.912. The van der Waals surface area contributed by atoms with Crippen LogP contribution < -0.4 is 5.32 Å². The van der Waals surface area contributed by atoms with Crippen molar-refractivity contribution in [3.8, 4) is 0 Å². The Morgan fingerprint density at radius 2 is 1.81 bits per heavy atom. The van der Waals surface area contributed by atoms with E-state index in [1.165, 1.54) is 11.1 Å². The molecular weight excluding hydrogens is 326 g/mol. The van der Waals surface area contributed by atoms with Crippen molar-refractivity contribution in [2.45, 2.75) is 25.8 Å². The van der Waals surface area contributed by atoms with Gasteiger partial charge in [0.2, 0.25) is 0 Å². The minimum absolute atomic E-state index is 0.0613. The molecule has 1 amide bonds. The van der Waals surface area contributed by atoms with Crippen LogP contribution in [0.1, 0.15) is 33.6 Å². The maximum atomic E-state index is 12.6. The van der Waals surface area contributed by atoms with Crippen molar-refractivity contribution in [3.05, 3.63) is 46.6 Å². The van der Waals surface area contributed by atoms with Gasteiger partial charge < -0.3 is 10.2 Å². The predicted molar refractivity (Wildman–Crippen MR) is 102 cm³/mol. The van der Waals surface area contributed by atoms with E-state index in [9.17, 15) is 4.79 Å². The number of rotatable bonds is 4. The summed E-state index contributed by atoms with van der Waals surface area (Å²) in [6.07, 6.45) is 3.14. The third-order valence-corrected chi connectivity index (χ3v) is 5.52. The van der Waals surface area contributed by atoms with E-state index >= 15 is 0 Å². The highest BCUT2D eigenvalue weighted by atomic mass is 16.1. The molecule has 0 unspecified atom stereocenters. The SMILES string of the molecule is CN1CCN(Cc2ccc(C(=O)Nc3c4c(nn3C)CCC4)cc2)CC1. The molecule has 1 aromatic carbocycles. The van der Waals surface area contributed by atoms with Gasteiger partial charge in [-0.3, -0.25) is 14.4 Å². The molecule has 2 aromatic rings. The fraction of sp³-hybridized carbons (Fsp3) is 0.500. The van der Waals surface area contributed by atoms with Crippen LogP contribution in [0.5, 0.6) is 0 Å². The zero-order valence-corrected chi connectivity index (χ0v) is 15.7. The highest BCUT2D eigenvalue weighted by molar-refractivity contribution is 6.04. The molecule has 0 saturated carbocycles. The molecule has 1 aromatic heterocycles. The van der Waals surface area contributed by atoms with Gasteiger partial charge in [0, 0.05) is 50.9 Å². The van der Waals surface area contributed by atoms with E-state index in [4.69, 9.17) is 0 Å². The van der Waals surface area contributed by atoms with Crippen LogP contribution in [0.2, 0.25) is 0 Å². The highest BCUT2D eigenvalue weighted by Gasteiger charge is 2.22. The van der Waals surface area contributed by atoms with Gasteiger partial charge in [-0.2, -0.15) is 5.10 Å². The molecule has 4 rings (SSSR count). The Bertz CT molecular complexity index is 787. The summed E-state index contributed by atoms with van der Waals surface area (Å²) < 4.78 is 1.80. The van der Waals surface area contributed by atoms with Crippen molar-refractivity contribution in [2.75, 3.05) is 38.5 Å². The Labute approximate surface area is 154 Å². The fourth-order valence-electron chi connectivity index (χ4n) is 3.88. The number of aromatic nitrogens is 2.